The maximum absolute atomic E-state index is 11.7. The Morgan fingerprint density at radius 2 is 1.67 bits per heavy atom. The number of rotatable bonds is 3. The molecule has 4 nitrogen and oxygen atoms in total. The van der Waals surface area contributed by atoms with Crippen molar-refractivity contribution in [3.05, 3.63) is 74.0 Å². The maximum Gasteiger partial charge on any atom is 0.249 e. The number of anilines is 1. The lowest BCUT2D eigenvalue weighted by molar-refractivity contribution is 0.484. The first-order valence-corrected chi connectivity index (χ1v) is 6.57. The number of halogens is 1. The molecule has 0 fully saturated rings. The molecule has 21 heavy (non-hydrogen) atoms. The zero-order valence-electron chi connectivity index (χ0n) is 10.8. The third-order valence-electron chi connectivity index (χ3n) is 3.13. The molecule has 0 saturated heterocycles. The van der Waals surface area contributed by atoms with E-state index < -0.39 is 10.9 Å². The minimum atomic E-state index is -0.671. The number of benzene rings is 2. The molecule has 0 bridgehead atoms. The van der Waals surface area contributed by atoms with Crippen LogP contribution in [0.1, 0.15) is 0 Å². The number of para-hydroxylation sites is 1. The zero-order chi connectivity index (χ0) is 15.0. The third kappa shape index (κ3) is 2.30. The average Bonchev–Trinajstić information content (AvgIpc) is 2.51. The average molecular weight is 300 g/mol. The van der Waals surface area contributed by atoms with Crippen molar-refractivity contribution in [2.75, 3.05) is 5.73 Å². The molecule has 0 aliphatic heterocycles. The molecular formula is C16H10ClNO3. The van der Waals surface area contributed by atoms with Gasteiger partial charge in [0.15, 0.2) is 0 Å². The lowest BCUT2D eigenvalue weighted by Crippen LogP contribution is -2.35. The Balaban J connectivity index is 2.11. The number of ether oxygens (including phenoxy) is 1. The molecule has 2 N–H and O–H groups in total. The molecule has 0 heterocycles. The molecule has 0 aromatic heterocycles. The number of hydrogen-bond donors (Lipinski definition) is 1. The van der Waals surface area contributed by atoms with Crippen molar-refractivity contribution in [2.45, 2.75) is 0 Å². The minimum absolute atomic E-state index is 0.0554. The number of hydrogen-bond acceptors (Lipinski definition) is 4. The van der Waals surface area contributed by atoms with Crippen LogP contribution in [0.2, 0.25) is 5.02 Å². The van der Waals surface area contributed by atoms with Gasteiger partial charge in [0.05, 0.1) is 11.3 Å². The highest BCUT2D eigenvalue weighted by molar-refractivity contribution is 6.31. The Morgan fingerprint density at radius 1 is 0.952 bits per heavy atom. The van der Waals surface area contributed by atoms with E-state index in [-0.39, 0.29) is 11.3 Å². The summed E-state index contributed by atoms with van der Waals surface area (Å²) in [6.45, 7) is 0. The van der Waals surface area contributed by atoms with Crippen LogP contribution in [0.3, 0.4) is 0 Å². The highest BCUT2D eigenvalue weighted by Crippen LogP contribution is 2.36. The van der Waals surface area contributed by atoms with Crippen molar-refractivity contribution in [2.24, 2.45) is 0 Å². The van der Waals surface area contributed by atoms with Crippen LogP contribution in [0.5, 0.6) is 11.5 Å². The summed E-state index contributed by atoms with van der Waals surface area (Å²) in [6, 6.07) is 13.9. The lowest BCUT2D eigenvalue weighted by atomic mass is 9.98. The Morgan fingerprint density at radius 3 is 2.33 bits per heavy atom. The molecule has 0 aliphatic carbocycles. The second kappa shape index (κ2) is 5.07. The fourth-order valence-electron chi connectivity index (χ4n) is 2.08. The van der Waals surface area contributed by atoms with Gasteiger partial charge in [-0.15, -0.1) is 0 Å². The van der Waals surface area contributed by atoms with E-state index in [0.717, 1.165) is 0 Å². The van der Waals surface area contributed by atoms with E-state index in [0.29, 0.717) is 22.1 Å². The van der Waals surface area contributed by atoms with Crippen LogP contribution < -0.4 is 21.3 Å². The van der Waals surface area contributed by atoms with E-state index >= 15 is 0 Å². The fourth-order valence-corrected chi connectivity index (χ4v) is 2.25. The maximum atomic E-state index is 11.7. The van der Waals surface area contributed by atoms with Gasteiger partial charge in [-0.25, -0.2) is 0 Å². The van der Waals surface area contributed by atoms with Gasteiger partial charge in [0.2, 0.25) is 10.9 Å². The van der Waals surface area contributed by atoms with Crippen LogP contribution in [0.25, 0.3) is 11.1 Å². The van der Waals surface area contributed by atoms with Gasteiger partial charge in [0.1, 0.15) is 11.5 Å². The zero-order valence-corrected chi connectivity index (χ0v) is 11.6. The van der Waals surface area contributed by atoms with Gasteiger partial charge >= 0.3 is 0 Å². The minimum Gasteiger partial charge on any atom is -0.457 e. The molecule has 0 atom stereocenters. The summed E-state index contributed by atoms with van der Waals surface area (Å²) in [5.74, 6) is 1.03. The molecule has 104 valence electrons. The Kier molecular flexibility index (Phi) is 3.23. The van der Waals surface area contributed by atoms with Crippen LogP contribution in [-0.2, 0) is 0 Å². The van der Waals surface area contributed by atoms with E-state index in [1.165, 1.54) is 0 Å². The van der Waals surface area contributed by atoms with Crippen LogP contribution in [0.15, 0.2) is 58.1 Å². The smallest absolute Gasteiger partial charge is 0.249 e. The molecule has 3 aromatic rings. The number of nitrogens with two attached hydrogens (primary N) is 1. The predicted molar refractivity (Wildman–Crippen MR) is 82.7 cm³/mol. The topological polar surface area (TPSA) is 69.4 Å². The number of nitrogen functional groups attached to an aromatic ring is 1. The van der Waals surface area contributed by atoms with Crippen molar-refractivity contribution in [1.29, 1.82) is 0 Å². The van der Waals surface area contributed by atoms with Crippen molar-refractivity contribution >= 4 is 17.3 Å². The van der Waals surface area contributed by atoms with E-state index in [1.807, 2.05) is 18.2 Å². The molecule has 0 unspecified atom stereocenters. The van der Waals surface area contributed by atoms with Crippen molar-refractivity contribution in [3.8, 4) is 22.6 Å². The Hall–Kier alpha value is -2.59. The molecule has 5 heteroatoms. The molecule has 0 radical (unpaired) electrons. The van der Waals surface area contributed by atoms with Gasteiger partial charge in [-0.3, -0.25) is 9.59 Å². The predicted octanol–water partition coefficient (Wildman–Crippen LogP) is 2.98. The quantitative estimate of drug-likeness (QED) is 0.755. The molecule has 3 rings (SSSR count). The van der Waals surface area contributed by atoms with Gasteiger partial charge < -0.3 is 10.5 Å². The largest absolute Gasteiger partial charge is 0.457 e. The Bertz CT molecular complexity index is 880. The molecule has 0 amide bonds. The van der Waals surface area contributed by atoms with Gasteiger partial charge in [0.25, 0.3) is 0 Å². The van der Waals surface area contributed by atoms with E-state index in [4.69, 9.17) is 22.1 Å². The van der Waals surface area contributed by atoms with E-state index in [2.05, 4.69) is 0 Å². The summed E-state index contributed by atoms with van der Waals surface area (Å²) in [6.07, 6.45) is 0. The van der Waals surface area contributed by atoms with Crippen LogP contribution in [-0.4, -0.2) is 0 Å². The van der Waals surface area contributed by atoms with E-state index in [9.17, 15) is 9.59 Å². The van der Waals surface area contributed by atoms with Crippen LogP contribution >= 0.6 is 11.6 Å². The summed E-state index contributed by atoms with van der Waals surface area (Å²) in [7, 11) is 0. The summed E-state index contributed by atoms with van der Waals surface area (Å²) in [5.41, 5.74) is 4.85. The van der Waals surface area contributed by atoms with Crippen LogP contribution in [0, 0.1) is 0 Å². The third-order valence-corrected chi connectivity index (χ3v) is 3.36. The highest BCUT2D eigenvalue weighted by atomic mass is 35.5. The van der Waals surface area contributed by atoms with Crippen LogP contribution in [0.4, 0.5) is 5.69 Å². The molecule has 0 saturated carbocycles. The van der Waals surface area contributed by atoms with Crippen molar-refractivity contribution < 1.29 is 4.74 Å². The second-order valence-corrected chi connectivity index (χ2v) is 4.94. The summed E-state index contributed by atoms with van der Waals surface area (Å²) in [4.78, 5) is 23.0. The molecule has 0 aliphatic rings. The van der Waals surface area contributed by atoms with Gasteiger partial charge in [-0.05, 0) is 30.3 Å². The first kappa shape index (κ1) is 13.4. The normalized spacial score (nSPS) is 10.7. The lowest BCUT2D eigenvalue weighted by Gasteiger charge is -2.13. The van der Waals surface area contributed by atoms with Crippen molar-refractivity contribution in [1.82, 2.24) is 0 Å². The van der Waals surface area contributed by atoms with Gasteiger partial charge in [-0.1, -0.05) is 29.8 Å². The van der Waals surface area contributed by atoms with Crippen molar-refractivity contribution in [3.63, 3.8) is 0 Å². The van der Waals surface area contributed by atoms with Gasteiger partial charge in [0, 0.05) is 10.6 Å². The summed E-state index contributed by atoms with van der Waals surface area (Å²) in [5, 5.41) is 0.429. The fraction of sp³-hybridized carbons (Fsp3) is 0. The summed E-state index contributed by atoms with van der Waals surface area (Å²) < 4.78 is 5.74. The first-order valence-electron chi connectivity index (χ1n) is 6.19. The standard InChI is InChI=1S/C16H10ClNO3/c17-9-6-7-12(21-10-4-2-1-3-5-10)11(8-9)13-14(18)16(20)15(13)19/h1-8H,18H2. The molecule has 3 aromatic carbocycles. The SMILES string of the molecule is Nc1c(-c2cc(Cl)ccc2Oc2ccccc2)c(=O)c1=O. The monoisotopic (exact) mass is 299 g/mol. The second-order valence-electron chi connectivity index (χ2n) is 4.50. The first-order chi connectivity index (χ1) is 10.1. The summed E-state index contributed by atoms with van der Waals surface area (Å²) >= 11 is 5.96. The van der Waals surface area contributed by atoms with Gasteiger partial charge in [-0.2, -0.15) is 0 Å². The molecule has 0 spiro atoms. The highest BCUT2D eigenvalue weighted by Gasteiger charge is 2.23. The van der Waals surface area contributed by atoms with E-state index in [1.54, 1.807) is 30.3 Å². The Labute approximate surface area is 125 Å². The molecular weight excluding hydrogens is 290 g/mol.